The van der Waals surface area contributed by atoms with Crippen LogP contribution in [0.15, 0.2) is 48.5 Å². The number of hydrogen-bond donors (Lipinski definition) is 1. The van der Waals surface area contributed by atoms with Crippen LogP contribution in [0.2, 0.25) is 0 Å². The Labute approximate surface area is 166 Å². The molecule has 0 aromatic heterocycles. The van der Waals surface area contributed by atoms with Crippen molar-refractivity contribution >= 4 is 29.1 Å². The van der Waals surface area contributed by atoms with Crippen molar-refractivity contribution in [2.75, 3.05) is 11.9 Å². The van der Waals surface area contributed by atoms with Crippen molar-refractivity contribution in [1.29, 1.82) is 0 Å². The number of fused-ring (bicyclic) bond motifs is 1. The first-order valence-electron chi connectivity index (χ1n) is 9.13. The van der Waals surface area contributed by atoms with Gasteiger partial charge < -0.3 is 5.32 Å². The number of amides is 3. The summed E-state index contributed by atoms with van der Waals surface area (Å²) in [4.78, 5) is 52.0. The molecule has 0 aliphatic carbocycles. The van der Waals surface area contributed by atoms with Crippen molar-refractivity contribution in [3.8, 4) is 0 Å². The third-order valence-electron chi connectivity index (χ3n) is 4.40. The molecule has 1 heterocycles. The zero-order valence-electron chi connectivity index (χ0n) is 15.5. The molecule has 150 valence electrons. The number of para-hydroxylation sites is 2. The molecule has 29 heavy (non-hydrogen) atoms. The highest BCUT2D eigenvalue weighted by Crippen LogP contribution is 2.24. The molecule has 0 radical (unpaired) electrons. The summed E-state index contributed by atoms with van der Waals surface area (Å²) in [6.07, 6.45) is 1.91. The van der Waals surface area contributed by atoms with Crippen molar-refractivity contribution in [3.05, 3.63) is 69.8 Å². The first-order valence-corrected chi connectivity index (χ1v) is 9.13. The summed E-state index contributed by atoms with van der Waals surface area (Å²) in [7, 11) is 0. The van der Waals surface area contributed by atoms with Gasteiger partial charge in [0, 0.05) is 12.5 Å². The zero-order chi connectivity index (χ0) is 20.8. The number of imide groups is 1. The van der Waals surface area contributed by atoms with Gasteiger partial charge >= 0.3 is 0 Å². The molecule has 9 heteroatoms. The average Bonchev–Trinajstić information content (AvgIpc) is 2.95. The van der Waals surface area contributed by atoms with E-state index < -0.39 is 16.7 Å². The normalized spacial score (nSPS) is 12.8. The monoisotopic (exact) mass is 397 g/mol. The zero-order valence-corrected chi connectivity index (χ0v) is 15.5. The van der Waals surface area contributed by atoms with Gasteiger partial charge in [0.1, 0.15) is 5.69 Å². The van der Waals surface area contributed by atoms with Crippen LogP contribution in [0.25, 0.3) is 0 Å². The van der Waals surface area contributed by atoms with E-state index >= 15 is 0 Å². The van der Waals surface area contributed by atoms with E-state index in [4.69, 9.17) is 4.84 Å². The fourth-order valence-electron chi connectivity index (χ4n) is 2.96. The third kappa shape index (κ3) is 4.64. The quantitative estimate of drug-likeness (QED) is 0.300. The number of nitro groups is 1. The van der Waals surface area contributed by atoms with Gasteiger partial charge in [-0.05, 0) is 31.0 Å². The molecule has 2 aromatic rings. The minimum atomic E-state index is -0.549. The van der Waals surface area contributed by atoms with Crippen LogP contribution in [0, 0.1) is 10.1 Å². The number of nitrogens with one attached hydrogen (secondary N) is 1. The summed E-state index contributed by atoms with van der Waals surface area (Å²) in [6, 6.07) is 12.5. The molecule has 0 fully saturated rings. The van der Waals surface area contributed by atoms with Crippen molar-refractivity contribution < 1.29 is 24.1 Å². The fourth-order valence-corrected chi connectivity index (χ4v) is 2.96. The Morgan fingerprint density at radius 2 is 1.59 bits per heavy atom. The van der Waals surface area contributed by atoms with E-state index in [-0.39, 0.29) is 30.3 Å². The molecule has 0 bridgehead atoms. The number of unbranched alkanes of at least 4 members (excludes halogenated alkanes) is 2. The van der Waals surface area contributed by atoms with Gasteiger partial charge in [-0.1, -0.05) is 30.7 Å². The summed E-state index contributed by atoms with van der Waals surface area (Å²) in [6.45, 7) is 0.164. The van der Waals surface area contributed by atoms with E-state index in [9.17, 15) is 24.5 Å². The number of rotatable bonds is 9. The molecule has 0 atom stereocenters. The second-order valence-corrected chi connectivity index (χ2v) is 6.42. The number of nitro benzene ring substituents is 1. The SMILES string of the molecule is O=C(CCCCCON1C(=O)c2ccccc2C1=O)Nc1ccccc1[N+](=O)[O-]. The van der Waals surface area contributed by atoms with Crippen LogP contribution < -0.4 is 5.32 Å². The second kappa shape index (κ2) is 9.07. The molecular formula is C20H19N3O6. The van der Waals surface area contributed by atoms with Gasteiger partial charge in [-0.25, -0.2) is 0 Å². The van der Waals surface area contributed by atoms with Crippen LogP contribution in [0.4, 0.5) is 11.4 Å². The van der Waals surface area contributed by atoms with Crippen LogP contribution in [-0.4, -0.2) is 34.3 Å². The van der Waals surface area contributed by atoms with Crippen molar-refractivity contribution in [1.82, 2.24) is 5.06 Å². The Bertz CT molecular complexity index is 924. The Kier molecular flexibility index (Phi) is 6.30. The number of benzene rings is 2. The largest absolute Gasteiger partial charge is 0.320 e. The number of nitrogens with zero attached hydrogens (tertiary/aromatic N) is 2. The van der Waals surface area contributed by atoms with Gasteiger partial charge in [0.2, 0.25) is 5.91 Å². The first-order chi connectivity index (χ1) is 14.0. The minimum Gasteiger partial charge on any atom is -0.320 e. The van der Waals surface area contributed by atoms with Crippen molar-refractivity contribution in [3.63, 3.8) is 0 Å². The maximum Gasteiger partial charge on any atom is 0.292 e. The lowest BCUT2D eigenvalue weighted by molar-refractivity contribution is -0.383. The molecule has 0 unspecified atom stereocenters. The van der Waals surface area contributed by atoms with Crippen LogP contribution in [-0.2, 0) is 9.63 Å². The first kappa shape index (κ1) is 20.2. The highest BCUT2D eigenvalue weighted by molar-refractivity contribution is 6.20. The Hall–Kier alpha value is -3.59. The highest BCUT2D eigenvalue weighted by Gasteiger charge is 2.36. The predicted octanol–water partition coefficient (Wildman–Crippen LogP) is 3.32. The summed E-state index contributed by atoms with van der Waals surface area (Å²) in [5.74, 6) is -1.27. The molecule has 0 saturated heterocycles. The van der Waals surface area contributed by atoms with Crippen LogP contribution in [0.1, 0.15) is 46.4 Å². The van der Waals surface area contributed by atoms with E-state index in [0.29, 0.717) is 30.4 Å². The number of hydroxylamine groups is 2. The molecule has 3 rings (SSSR count). The summed E-state index contributed by atoms with van der Waals surface area (Å²) < 4.78 is 0. The standard InChI is InChI=1S/C20H19N3O6/c24-18(21-16-10-5-6-11-17(16)23(27)28)12-2-1-7-13-29-22-19(25)14-8-3-4-9-15(14)20(22)26/h3-6,8-11H,1-2,7,12-13H2,(H,21,24). The van der Waals surface area contributed by atoms with Crippen molar-refractivity contribution in [2.24, 2.45) is 0 Å². The molecule has 0 spiro atoms. The van der Waals surface area contributed by atoms with E-state index in [1.807, 2.05) is 0 Å². The predicted molar refractivity (Wildman–Crippen MR) is 103 cm³/mol. The van der Waals surface area contributed by atoms with E-state index in [1.165, 1.54) is 18.2 Å². The molecule has 3 amide bonds. The van der Waals surface area contributed by atoms with Crippen molar-refractivity contribution in [2.45, 2.75) is 25.7 Å². The van der Waals surface area contributed by atoms with Gasteiger partial charge in [-0.3, -0.25) is 29.3 Å². The number of hydrogen-bond acceptors (Lipinski definition) is 6. The van der Waals surface area contributed by atoms with E-state index in [0.717, 1.165) is 5.06 Å². The lowest BCUT2D eigenvalue weighted by atomic mass is 10.1. The smallest absolute Gasteiger partial charge is 0.292 e. The van der Waals surface area contributed by atoms with Crippen LogP contribution >= 0.6 is 0 Å². The average molecular weight is 397 g/mol. The summed E-state index contributed by atoms with van der Waals surface area (Å²) in [5, 5.41) is 14.3. The van der Waals surface area contributed by atoms with E-state index in [2.05, 4.69) is 5.32 Å². The third-order valence-corrected chi connectivity index (χ3v) is 4.40. The maximum absolute atomic E-state index is 12.1. The second-order valence-electron chi connectivity index (χ2n) is 6.42. The summed E-state index contributed by atoms with van der Waals surface area (Å²) >= 11 is 0. The molecule has 2 aromatic carbocycles. The number of carbonyl (C=O) groups is 3. The molecular weight excluding hydrogens is 378 g/mol. The molecule has 1 aliphatic heterocycles. The lowest BCUT2D eigenvalue weighted by Crippen LogP contribution is -2.30. The topological polar surface area (TPSA) is 119 Å². The maximum atomic E-state index is 12.1. The minimum absolute atomic E-state index is 0.157. The fraction of sp³-hybridized carbons (Fsp3) is 0.250. The van der Waals surface area contributed by atoms with Gasteiger partial charge in [-0.15, -0.1) is 5.06 Å². The molecule has 1 N–H and O–H groups in total. The lowest BCUT2D eigenvalue weighted by Gasteiger charge is -2.13. The molecule has 1 aliphatic rings. The number of carbonyl (C=O) groups excluding carboxylic acids is 3. The molecule has 0 saturated carbocycles. The number of anilines is 1. The Morgan fingerprint density at radius 1 is 0.966 bits per heavy atom. The van der Waals surface area contributed by atoms with E-state index in [1.54, 1.807) is 30.3 Å². The van der Waals surface area contributed by atoms with Gasteiger partial charge in [0.25, 0.3) is 17.5 Å². The highest BCUT2D eigenvalue weighted by atomic mass is 16.7. The Morgan fingerprint density at radius 3 is 2.24 bits per heavy atom. The van der Waals surface area contributed by atoms with Gasteiger partial charge in [-0.2, -0.15) is 0 Å². The Balaban J connectivity index is 1.37. The molecule has 9 nitrogen and oxygen atoms in total. The van der Waals surface area contributed by atoms with Crippen LogP contribution in [0.5, 0.6) is 0 Å². The van der Waals surface area contributed by atoms with Gasteiger partial charge in [0.05, 0.1) is 22.7 Å². The van der Waals surface area contributed by atoms with Gasteiger partial charge in [0.15, 0.2) is 0 Å². The summed E-state index contributed by atoms with van der Waals surface area (Å²) in [5.41, 5.74) is 0.653. The van der Waals surface area contributed by atoms with Crippen LogP contribution in [0.3, 0.4) is 0 Å².